The topological polar surface area (TPSA) is 51.6 Å². The van der Waals surface area contributed by atoms with Gasteiger partial charge in [-0.15, -0.1) is 0 Å². The zero-order chi connectivity index (χ0) is 9.97. The minimum Gasteiger partial charge on any atom is -0.244 e. The van der Waals surface area contributed by atoms with Crippen molar-refractivity contribution in [1.29, 1.82) is 0 Å². The van der Waals surface area contributed by atoms with Gasteiger partial charge in [-0.05, 0) is 52.8 Å². The summed E-state index contributed by atoms with van der Waals surface area (Å²) in [5, 5.41) is 0.928. The maximum atomic E-state index is 4.25. The quantitative estimate of drug-likeness (QED) is 0.623. The summed E-state index contributed by atoms with van der Waals surface area (Å²) in [4.78, 5) is 12.3. The zero-order valence-electron chi connectivity index (χ0n) is 7.14. The minimum atomic E-state index is 0.807. The van der Waals surface area contributed by atoms with Crippen LogP contribution in [0.25, 0.3) is 0 Å². The molecular formula is C7H5IN4S2. The van der Waals surface area contributed by atoms with E-state index in [0.717, 1.165) is 18.8 Å². The average molecular weight is 336 g/mol. The van der Waals surface area contributed by atoms with Crippen LogP contribution in [0.5, 0.6) is 0 Å². The third-order valence-electron chi connectivity index (χ3n) is 1.33. The van der Waals surface area contributed by atoms with Crippen LogP contribution in [0.2, 0.25) is 0 Å². The summed E-state index contributed by atoms with van der Waals surface area (Å²) in [6.07, 6.45) is 3.32. The van der Waals surface area contributed by atoms with Gasteiger partial charge in [0.25, 0.3) is 0 Å². The lowest BCUT2D eigenvalue weighted by molar-refractivity contribution is 1.02. The monoisotopic (exact) mass is 336 g/mol. The number of hydrogen-bond acceptors (Lipinski definition) is 6. The van der Waals surface area contributed by atoms with E-state index < -0.39 is 0 Å². The van der Waals surface area contributed by atoms with Gasteiger partial charge >= 0.3 is 0 Å². The third kappa shape index (κ3) is 2.39. The van der Waals surface area contributed by atoms with E-state index in [9.17, 15) is 0 Å². The fourth-order valence-corrected chi connectivity index (χ4v) is 2.92. The number of aryl methyl sites for hydroxylation is 1. The van der Waals surface area contributed by atoms with Crippen molar-refractivity contribution in [2.45, 2.75) is 16.3 Å². The molecule has 0 aliphatic heterocycles. The van der Waals surface area contributed by atoms with Gasteiger partial charge in [-0.25, -0.2) is 15.0 Å². The Labute approximate surface area is 103 Å². The average Bonchev–Trinajstić information content (AvgIpc) is 2.56. The molecule has 72 valence electrons. The Morgan fingerprint density at radius 3 is 3.00 bits per heavy atom. The van der Waals surface area contributed by atoms with Crippen molar-refractivity contribution < 1.29 is 0 Å². The molecule has 0 spiro atoms. The van der Waals surface area contributed by atoms with Crippen LogP contribution >= 0.6 is 45.9 Å². The van der Waals surface area contributed by atoms with E-state index >= 15 is 0 Å². The molecule has 4 nitrogen and oxygen atoms in total. The van der Waals surface area contributed by atoms with Gasteiger partial charge in [-0.1, -0.05) is 0 Å². The molecule has 0 N–H and O–H groups in total. The number of rotatable bonds is 2. The van der Waals surface area contributed by atoms with Crippen LogP contribution < -0.4 is 0 Å². The highest BCUT2D eigenvalue weighted by Gasteiger charge is 2.07. The highest BCUT2D eigenvalue weighted by Crippen LogP contribution is 2.29. The lowest BCUT2D eigenvalue weighted by Crippen LogP contribution is -1.86. The molecule has 0 amide bonds. The zero-order valence-corrected chi connectivity index (χ0v) is 10.9. The predicted octanol–water partition coefficient (Wildman–Crippen LogP) is 2.39. The molecule has 0 aliphatic rings. The fourth-order valence-electron chi connectivity index (χ4n) is 0.779. The summed E-state index contributed by atoms with van der Waals surface area (Å²) in [5.74, 6) is 0.807. The molecule has 14 heavy (non-hydrogen) atoms. The second-order valence-electron chi connectivity index (χ2n) is 2.39. The maximum Gasteiger partial charge on any atom is 0.176 e. The van der Waals surface area contributed by atoms with E-state index in [1.807, 2.05) is 6.92 Å². The van der Waals surface area contributed by atoms with E-state index in [-0.39, 0.29) is 0 Å². The molecule has 0 aromatic carbocycles. The smallest absolute Gasteiger partial charge is 0.176 e. The summed E-state index contributed by atoms with van der Waals surface area (Å²) < 4.78 is 6.05. The molecule has 2 aromatic rings. The van der Waals surface area contributed by atoms with Gasteiger partial charge in [-0.3, -0.25) is 0 Å². The standard InChI is InChI=1S/C7H5IN4S2/c1-4-11-7(14-12-4)13-6-5(8)2-9-3-10-6/h2-3H,1H3. The number of hydrogen-bond donors (Lipinski definition) is 0. The van der Waals surface area contributed by atoms with Crippen molar-refractivity contribution in [3.05, 3.63) is 21.9 Å². The normalized spacial score (nSPS) is 10.4. The first-order valence-corrected chi connectivity index (χ1v) is 6.36. The highest BCUT2D eigenvalue weighted by atomic mass is 127. The van der Waals surface area contributed by atoms with Crippen LogP contribution in [-0.2, 0) is 0 Å². The summed E-state index contributed by atoms with van der Waals surface area (Å²) in [5.41, 5.74) is 0. The Morgan fingerprint density at radius 2 is 2.36 bits per heavy atom. The third-order valence-corrected chi connectivity index (χ3v) is 4.34. The first-order chi connectivity index (χ1) is 6.75. The van der Waals surface area contributed by atoms with Crippen LogP contribution in [0, 0.1) is 10.5 Å². The Hall–Kier alpha value is -0.280. The van der Waals surface area contributed by atoms with Crippen molar-refractivity contribution in [3.63, 3.8) is 0 Å². The van der Waals surface area contributed by atoms with Gasteiger partial charge in [0.2, 0.25) is 0 Å². The molecule has 0 aliphatic carbocycles. The van der Waals surface area contributed by atoms with Crippen LogP contribution in [0.3, 0.4) is 0 Å². The lowest BCUT2D eigenvalue weighted by Gasteiger charge is -1.97. The Bertz CT molecular complexity index is 445. The second kappa shape index (κ2) is 4.49. The second-order valence-corrected chi connectivity index (χ2v) is 5.54. The van der Waals surface area contributed by atoms with Crippen molar-refractivity contribution >= 4 is 45.9 Å². The molecule has 0 unspecified atom stereocenters. The van der Waals surface area contributed by atoms with E-state index in [0.29, 0.717) is 0 Å². The Morgan fingerprint density at radius 1 is 1.50 bits per heavy atom. The van der Waals surface area contributed by atoms with E-state index in [1.54, 1.807) is 12.5 Å². The van der Waals surface area contributed by atoms with Gasteiger partial charge in [0.15, 0.2) is 4.34 Å². The summed E-state index contributed by atoms with van der Waals surface area (Å²) >= 11 is 5.12. The highest BCUT2D eigenvalue weighted by molar-refractivity contribution is 14.1. The summed E-state index contributed by atoms with van der Waals surface area (Å²) in [7, 11) is 0. The first-order valence-electron chi connectivity index (χ1n) is 3.69. The van der Waals surface area contributed by atoms with Crippen molar-refractivity contribution in [3.8, 4) is 0 Å². The largest absolute Gasteiger partial charge is 0.244 e. The molecule has 0 fully saturated rings. The molecule has 0 radical (unpaired) electrons. The summed E-state index contributed by atoms with van der Waals surface area (Å²) in [6, 6.07) is 0. The fraction of sp³-hybridized carbons (Fsp3) is 0.143. The molecule has 2 aromatic heterocycles. The molecule has 2 rings (SSSR count). The Balaban J connectivity index is 2.23. The lowest BCUT2D eigenvalue weighted by atomic mass is 10.7. The van der Waals surface area contributed by atoms with Crippen LogP contribution in [-0.4, -0.2) is 19.3 Å². The molecule has 0 atom stereocenters. The van der Waals surface area contributed by atoms with Gasteiger partial charge in [0, 0.05) is 6.20 Å². The van der Waals surface area contributed by atoms with E-state index in [4.69, 9.17) is 0 Å². The van der Waals surface area contributed by atoms with Crippen molar-refractivity contribution in [2.75, 3.05) is 0 Å². The predicted molar refractivity (Wildman–Crippen MR) is 63.5 cm³/mol. The Kier molecular flexibility index (Phi) is 3.29. The molecule has 0 saturated carbocycles. The van der Waals surface area contributed by atoms with Gasteiger partial charge < -0.3 is 0 Å². The van der Waals surface area contributed by atoms with Crippen LogP contribution in [0.1, 0.15) is 5.82 Å². The van der Waals surface area contributed by atoms with E-state index in [1.165, 1.54) is 23.3 Å². The summed E-state index contributed by atoms with van der Waals surface area (Å²) in [6.45, 7) is 1.88. The van der Waals surface area contributed by atoms with Crippen LogP contribution in [0.15, 0.2) is 21.9 Å². The number of nitrogens with zero attached hydrogens (tertiary/aromatic N) is 4. The minimum absolute atomic E-state index is 0.807. The van der Waals surface area contributed by atoms with E-state index in [2.05, 4.69) is 41.9 Å². The molecule has 7 heteroatoms. The van der Waals surface area contributed by atoms with Gasteiger partial charge in [0.1, 0.15) is 17.2 Å². The van der Waals surface area contributed by atoms with Gasteiger partial charge in [0.05, 0.1) is 3.57 Å². The number of aromatic nitrogens is 4. The molecule has 0 bridgehead atoms. The number of halogens is 1. The van der Waals surface area contributed by atoms with Crippen molar-refractivity contribution in [2.24, 2.45) is 0 Å². The molecular weight excluding hydrogens is 331 g/mol. The van der Waals surface area contributed by atoms with Crippen molar-refractivity contribution in [1.82, 2.24) is 19.3 Å². The van der Waals surface area contributed by atoms with Gasteiger partial charge in [-0.2, -0.15) is 4.37 Å². The molecule has 0 saturated heterocycles. The molecule has 2 heterocycles. The SMILES string of the molecule is Cc1nsc(Sc2ncncc2I)n1. The van der Waals surface area contributed by atoms with Crippen LogP contribution in [0.4, 0.5) is 0 Å². The first kappa shape index (κ1) is 10.2. The maximum absolute atomic E-state index is 4.25.